The van der Waals surface area contributed by atoms with Crippen LogP contribution in [-0.2, 0) is 0 Å². The van der Waals surface area contributed by atoms with Crippen molar-refractivity contribution in [3.05, 3.63) is 29.3 Å². The Hall–Kier alpha value is -0.730. The van der Waals surface area contributed by atoms with Crippen LogP contribution in [0.1, 0.15) is 40.5 Å². The monoisotopic (exact) mass is 269 g/mol. The Morgan fingerprint density at radius 2 is 2.06 bits per heavy atom. The van der Waals surface area contributed by atoms with Gasteiger partial charge in [-0.25, -0.2) is 0 Å². The predicted molar refractivity (Wildman–Crippen MR) is 78.5 cm³/mol. The van der Waals surface area contributed by atoms with Crippen LogP contribution < -0.4 is 10.1 Å². The largest absolute Gasteiger partial charge is 0.489 e. The summed E-state index contributed by atoms with van der Waals surface area (Å²) in [5.41, 5.74) is 0.115. The lowest BCUT2D eigenvalue weighted by Gasteiger charge is -2.26. The van der Waals surface area contributed by atoms with Gasteiger partial charge in [-0.15, -0.1) is 0 Å². The average molecular weight is 270 g/mol. The van der Waals surface area contributed by atoms with Crippen molar-refractivity contribution in [2.75, 3.05) is 6.54 Å². The number of benzene rings is 1. The molecular formula is C15H24ClNO. The van der Waals surface area contributed by atoms with E-state index in [1.54, 1.807) is 0 Å². The molecule has 18 heavy (non-hydrogen) atoms. The topological polar surface area (TPSA) is 21.3 Å². The molecule has 1 rings (SSSR count). The van der Waals surface area contributed by atoms with Crippen LogP contribution in [0.4, 0.5) is 0 Å². The number of hydrogen-bond acceptors (Lipinski definition) is 2. The third-order valence-electron chi connectivity index (χ3n) is 2.57. The fourth-order valence-corrected chi connectivity index (χ4v) is 1.86. The van der Waals surface area contributed by atoms with E-state index >= 15 is 0 Å². The number of hydrogen-bond donors (Lipinski definition) is 1. The van der Waals surface area contributed by atoms with Gasteiger partial charge < -0.3 is 10.1 Å². The van der Waals surface area contributed by atoms with Crippen molar-refractivity contribution < 1.29 is 4.74 Å². The third kappa shape index (κ3) is 6.27. The molecule has 0 aliphatic heterocycles. The Balaban J connectivity index is 2.57. The maximum atomic E-state index is 5.98. The summed E-state index contributed by atoms with van der Waals surface area (Å²) < 4.78 is 5.98. The Labute approximate surface area is 116 Å². The quantitative estimate of drug-likeness (QED) is 0.832. The molecule has 0 aliphatic carbocycles. The highest BCUT2D eigenvalue weighted by atomic mass is 35.5. The van der Waals surface area contributed by atoms with E-state index in [1.807, 2.05) is 24.3 Å². The molecule has 0 aliphatic rings. The summed E-state index contributed by atoms with van der Waals surface area (Å²) in [6.07, 6.45) is 2.33. The summed E-state index contributed by atoms with van der Waals surface area (Å²) in [7, 11) is 0. The van der Waals surface area contributed by atoms with Crippen LogP contribution in [0.15, 0.2) is 24.3 Å². The van der Waals surface area contributed by atoms with E-state index in [9.17, 15) is 0 Å². The van der Waals surface area contributed by atoms with Gasteiger partial charge in [0.15, 0.2) is 0 Å². The summed E-state index contributed by atoms with van der Waals surface area (Å²) in [5, 5.41) is 4.20. The van der Waals surface area contributed by atoms with E-state index < -0.39 is 0 Å². The Morgan fingerprint density at radius 3 is 2.61 bits per heavy atom. The molecule has 0 heterocycles. The number of halogens is 1. The Morgan fingerprint density at radius 1 is 1.33 bits per heavy atom. The standard InChI is InChI=1S/C15H24ClNO/c1-5-7-14(11-17-15(2,3)4)18-13-9-6-8-12(16)10-13/h6,8-10,14,17H,5,7,11H2,1-4H3. The molecule has 1 aromatic carbocycles. The first kappa shape index (κ1) is 15.3. The van der Waals surface area contributed by atoms with Crippen LogP contribution >= 0.6 is 11.6 Å². The molecule has 3 heteroatoms. The van der Waals surface area contributed by atoms with E-state index in [0.29, 0.717) is 5.02 Å². The van der Waals surface area contributed by atoms with E-state index in [1.165, 1.54) is 0 Å². The maximum Gasteiger partial charge on any atom is 0.121 e. The second-order valence-electron chi connectivity index (χ2n) is 5.62. The summed E-state index contributed by atoms with van der Waals surface area (Å²) >= 11 is 5.96. The summed E-state index contributed by atoms with van der Waals surface area (Å²) in [6, 6.07) is 7.58. The van der Waals surface area contributed by atoms with E-state index in [2.05, 4.69) is 33.0 Å². The average Bonchev–Trinajstić information content (AvgIpc) is 2.25. The van der Waals surface area contributed by atoms with Gasteiger partial charge >= 0.3 is 0 Å². The minimum atomic E-state index is 0.115. The zero-order chi connectivity index (χ0) is 13.6. The molecule has 0 saturated heterocycles. The molecule has 1 aromatic rings. The molecule has 1 N–H and O–H groups in total. The Kier molecular flexibility index (Phi) is 5.97. The molecule has 0 radical (unpaired) electrons. The minimum Gasteiger partial charge on any atom is -0.489 e. The Bertz CT molecular complexity index is 360. The molecular weight excluding hydrogens is 246 g/mol. The van der Waals surface area contributed by atoms with Crippen LogP contribution in [0.3, 0.4) is 0 Å². The highest BCUT2D eigenvalue weighted by molar-refractivity contribution is 6.30. The van der Waals surface area contributed by atoms with Gasteiger partial charge in [-0.1, -0.05) is 31.0 Å². The van der Waals surface area contributed by atoms with E-state index in [-0.39, 0.29) is 11.6 Å². The van der Waals surface area contributed by atoms with Gasteiger partial charge in [-0.3, -0.25) is 0 Å². The van der Waals surface area contributed by atoms with Crippen LogP contribution in [0.5, 0.6) is 5.75 Å². The smallest absolute Gasteiger partial charge is 0.121 e. The van der Waals surface area contributed by atoms with Crippen molar-refractivity contribution in [2.45, 2.75) is 52.2 Å². The first-order valence-electron chi connectivity index (χ1n) is 6.58. The van der Waals surface area contributed by atoms with Gasteiger partial charge in [0, 0.05) is 17.1 Å². The van der Waals surface area contributed by atoms with Crippen molar-refractivity contribution in [2.24, 2.45) is 0 Å². The van der Waals surface area contributed by atoms with Crippen molar-refractivity contribution in [3.63, 3.8) is 0 Å². The summed E-state index contributed by atoms with van der Waals surface area (Å²) in [4.78, 5) is 0. The first-order valence-corrected chi connectivity index (χ1v) is 6.96. The van der Waals surface area contributed by atoms with Gasteiger partial charge in [0.05, 0.1) is 0 Å². The molecule has 1 atom stereocenters. The maximum absolute atomic E-state index is 5.98. The molecule has 0 spiro atoms. The molecule has 0 saturated carbocycles. The summed E-state index contributed by atoms with van der Waals surface area (Å²) in [6.45, 7) is 9.51. The SMILES string of the molecule is CCCC(CNC(C)(C)C)Oc1cccc(Cl)c1. The highest BCUT2D eigenvalue weighted by Crippen LogP contribution is 2.19. The summed E-state index contributed by atoms with van der Waals surface area (Å²) in [5.74, 6) is 0.844. The third-order valence-corrected chi connectivity index (χ3v) is 2.80. The van der Waals surface area contributed by atoms with Crippen molar-refractivity contribution in [1.82, 2.24) is 5.32 Å². The molecule has 0 fully saturated rings. The normalized spacial score (nSPS) is 13.4. The van der Waals surface area contributed by atoms with E-state index in [4.69, 9.17) is 16.3 Å². The van der Waals surface area contributed by atoms with Gasteiger partial charge in [0.1, 0.15) is 11.9 Å². The molecule has 0 amide bonds. The minimum absolute atomic E-state index is 0.115. The molecule has 2 nitrogen and oxygen atoms in total. The fourth-order valence-electron chi connectivity index (χ4n) is 1.68. The molecule has 102 valence electrons. The molecule has 0 bridgehead atoms. The van der Waals surface area contributed by atoms with E-state index in [0.717, 1.165) is 25.1 Å². The van der Waals surface area contributed by atoms with Gasteiger partial charge in [0.2, 0.25) is 0 Å². The van der Waals surface area contributed by atoms with Crippen molar-refractivity contribution in [3.8, 4) is 5.75 Å². The lowest BCUT2D eigenvalue weighted by atomic mass is 10.1. The zero-order valence-electron chi connectivity index (χ0n) is 11.8. The second-order valence-corrected chi connectivity index (χ2v) is 6.05. The van der Waals surface area contributed by atoms with Crippen LogP contribution in [0, 0.1) is 0 Å². The first-order chi connectivity index (χ1) is 8.40. The van der Waals surface area contributed by atoms with Crippen molar-refractivity contribution in [1.29, 1.82) is 0 Å². The van der Waals surface area contributed by atoms with Gasteiger partial charge in [-0.2, -0.15) is 0 Å². The number of ether oxygens (including phenoxy) is 1. The highest BCUT2D eigenvalue weighted by Gasteiger charge is 2.15. The fraction of sp³-hybridized carbons (Fsp3) is 0.600. The van der Waals surface area contributed by atoms with Gasteiger partial charge in [0.25, 0.3) is 0 Å². The molecule has 0 aromatic heterocycles. The predicted octanol–water partition coefficient (Wildman–Crippen LogP) is 4.28. The molecule has 1 unspecified atom stereocenters. The zero-order valence-corrected chi connectivity index (χ0v) is 12.6. The van der Waals surface area contributed by atoms with Crippen LogP contribution in [0.25, 0.3) is 0 Å². The number of rotatable bonds is 6. The van der Waals surface area contributed by atoms with Crippen LogP contribution in [-0.4, -0.2) is 18.2 Å². The second kappa shape index (κ2) is 7.01. The van der Waals surface area contributed by atoms with Crippen LogP contribution in [0.2, 0.25) is 5.02 Å². The lowest BCUT2D eigenvalue weighted by Crippen LogP contribution is -2.42. The number of nitrogens with one attached hydrogen (secondary N) is 1. The lowest BCUT2D eigenvalue weighted by molar-refractivity contribution is 0.175. The van der Waals surface area contributed by atoms with Crippen molar-refractivity contribution >= 4 is 11.6 Å². The van der Waals surface area contributed by atoms with Gasteiger partial charge in [-0.05, 0) is 45.4 Å².